The van der Waals surface area contributed by atoms with Crippen LogP contribution in [-0.2, 0) is 4.74 Å². The molecule has 3 nitrogen and oxygen atoms in total. The molecule has 2 rings (SSSR count). The number of nitrogens with zero attached hydrogens (tertiary/aromatic N) is 1. The molecule has 0 bridgehead atoms. The van der Waals surface area contributed by atoms with E-state index in [2.05, 4.69) is 31.0 Å². The second-order valence-corrected chi connectivity index (χ2v) is 6.67. The zero-order chi connectivity index (χ0) is 13.0. The molecule has 18 heavy (non-hydrogen) atoms. The van der Waals surface area contributed by atoms with Crippen LogP contribution in [0.4, 0.5) is 0 Å². The molecule has 0 radical (unpaired) electrons. The quantitative estimate of drug-likeness (QED) is 0.705. The van der Waals surface area contributed by atoms with Crippen LogP contribution in [0.1, 0.15) is 46.5 Å². The first kappa shape index (κ1) is 14.3. The van der Waals surface area contributed by atoms with E-state index in [0.717, 1.165) is 32.2 Å². The number of rotatable bonds is 7. The predicted octanol–water partition coefficient (Wildman–Crippen LogP) is 2.27. The van der Waals surface area contributed by atoms with Crippen LogP contribution in [0.3, 0.4) is 0 Å². The van der Waals surface area contributed by atoms with Crippen LogP contribution in [0, 0.1) is 5.92 Å². The van der Waals surface area contributed by atoms with Gasteiger partial charge in [-0.3, -0.25) is 4.90 Å². The van der Waals surface area contributed by atoms with Crippen molar-refractivity contribution >= 4 is 0 Å². The fourth-order valence-electron chi connectivity index (χ4n) is 2.78. The summed E-state index contributed by atoms with van der Waals surface area (Å²) < 4.78 is 5.73. The standard InChI is InChI=1S/C15H30N2O/c1-4-14-10-16-15(2,3)12-17(14)8-5-9-18-11-13-6-7-13/h13-14,16H,4-12H2,1-3H3. The predicted molar refractivity (Wildman–Crippen MR) is 75.9 cm³/mol. The summed E-state index contributed by atoms with van der Waals surface area (Å²) >= 11 is 0. The third-order valence-electron chi connectivity index (χ3n) is 4.19. The van der Waals surface area contributed by atoms with Gasteiger partial charge in [0, 0.05) is 44.4 Å². The van der Waals surface area contributed by atoms with Crippen LogP contribution in [0.5, 0.6) is 0 Å². The van der Waals surface area contributed by atoms with E-state index >= 15 is 0 Å². The maximum absolute atomic E-state index is 5.73. The lowest BCUT2D eigenvalue weighted by Crippen LogP contribution is -2.61. The summed E-state index contributed by atoms with van der Waals surface area (Å²) in [5, 5.41) is 3.64. The molecule has 2 aliphatic rings. The van der Waals surface area contributed by atoms with Crippen LogP contribution >= 0.6 is 0 Å². The molecule has 106 valence electrons. The van der Waals surface area contributed by atoms with Gasteiger partial charge in [0.1, 0.15) is 0 Å². The molecule has 0 amide bonds. The first-order valence-corrected chi connectivity index (χ1v) is 7.67. The molecule has 0 aromatic rings. The van der Waals surface area contributed by atoms with Gasteiger partial charge in [-0.05, 0) is 45.4 Å². The Morgan fingerprint density at radius 1 is 1.33 bits per heavy atom. The molecule has 0 aromatic heterocycles. The smallest absolute Gasteiger partial charge is 0.0494 e. The largest absolute Gasteiger partial charge is 0.381 e. The summed E-state index contributed by atoms with van der Waals surface area (Å²) in [6.07, 6.45) is 5.21. The van der Waals surface area contributed by atoms with Gasteiger partial charge in [-0.1, -0.05) is 6.92 Å². The molecule has 1 aliphatic carbocycles. The van der Waals surface area contributed by atoms with Gasteiger partial charge in [0.25, 0.3) is 0 Å². The monoisotopic (exact) mass is 254 g/mol. The average molecular weight is 254 g/mol. The van der Waals surface area contributed by atoms with Crippen molar-refractivity contribution in [2.24, 2.45) is 5.92 Å². The Morgan fingerprint density at radius 2 is 2.11 bits per heavy atom. The van der Waals surface area contributed by atoms with Crippen molar-refractivity contribution in [3.8, 4) is 0 Å². The molecule has 3 heteroatoms. The van der Waals surface area contributed by atoms with Crippen molar-refractivity contribution in [1.29, 1.82) is 0 Å². The zero-order valence-electron chi connectivity index (χ0n) is 12.4. The summed E-state index contributed by atoms with van der Waals surface area (Å²) in [5.74, 6) is 0.895. The van der Waals surface area contributed by atoms with Gasteiger partial charge in [-0.2, -0.15) is 0 Å². The fraction of sp³-hybridized carbons (Fsp3) is 1.00. The Hall–Kier alpha value is -0.120. The minimum atomic E-state index is 0.264. The summed E-state index contributed by atoms with van der Waals surface area (Å²) in [6.45, 7) is 12.3. The molecule has 0 spiro atoms. The van der Waals surface area contributed by atoms with Crippen LogP contribution in [0.15, 0.2) is 0 Å². The molecule has 2 fully saturated rings. The Bertz CT molecular complexity index is 251. The number of nitrogens with one attached hydrogen (secondary N) is 1. The maximum Gasteiger partial charge on any atom is 0.0494 e. The molecule has 1 saturated heterocycles. The normalized spacial score (nSPS) is 28.5. The molecule has 1 heterocycles. The summed E-state index contributed by atoms with van der Waals surface area (Å²) in [5.41, 5.74) is 0.264. The fourth-order valence-corrected chi connectivity index (χ4v) is 2.78. The van der Waals surface area contributed by atoms with Crippen LogP contribution in [-0.4, -0.2) is 49.3 Å². The average Bonchev–Trinajstić information content (AvgIpc) is 3.12. The highest BCUT2D eigenvalue weighted by atomic mass is 16.5. The lowest BCUT2D eigenvalue weighted by Gasteiger charge is -2.44. The minimum Gasteiger partial charge on any atom is -0.381 e. The van der Waals surface area contributed by atoms with Crippen molar-refractivity contribution in [2.75, 3.05) is 32.8 Å². The third-order valence-corrected chi connectivity index (χ3v) is 4.19. The van der Waals surface area contributed by atoms with Crippen molar-refractivity contribution in [3.63, 3.8) is 0 Å². The molecular weight excluding hydrogens is 224 g/mol. The van der Waals surface area contributed by atoms with E-state index in [0.29, 0.717) is 6.04 Å². The van der Waals surface area contributed by atoms with Crippen LogP contribution in [0.25, 0.3) is 0 Å². The van der Waals surface area contributed by atoms with E-state index in [4.69, 9.17) is 4.74 Å². The van der Waals surface area contributed by atoms with Gasteiger partial charge >= 0.3 is 0 Å². The SMILES string of the molecule is CCC1CNC(C)(C)CN1CCCOCC1CC1. The van der Waals surface area contributed by atoms with E-state index in [1.54, 1.807) is 0 Å². The molecule has 1 N–H and O–H groups in total. The molecule has 0 aromatic carbocycles. The Kier molecular flexibility index (Phi) is 5.05. The minimum absolute atomic E-state index is 0.264. The lowest BCUT2D eigenvalue weighted by atomic mass is 9.97. The summed E-state index contributed by atoms with van der Waals surface area (Å²) in [6, 6.07) is 0.710. The molecule has 1 saturated carbocycles. The van der Waals surface area contributed by atoms with Gasteiger partial charge in [0.15, 0.2) is 0 Å². The van der Waals surface area contributed by atoms with Gasteiger partial charge < -0.3 is 10.1 Å². The molecular formula is C15H30N2O. The van der Waals surface area contributed by atoms with Gasteiger partial charge in [-0.15, -0.1) is 0 Å². The highest BCUT2D eigenvalue weighted by molar-refractivity contribution is 4.91. The number of hydrogen-bond acceptors (Lipinski definition) is 3. The third kappa shape index (κ3) is 4.52. The van der Waals surface area contributed by atoms with Crippen molar-refractivity contribution in [1.82, 2.24) is 10.2 Å². The molecule has 1 atom stereocenters. The topological polar surface area (TPSA) is 24.5 Å². The Balaban J connectivity index is 1.64. The number of ether oxygens (including phenoxy) is 1. The van der Waals surface area contributed by atoms with Crippen molar-refractivity contribution < 1.29 is 4.74 Å². The first-order valence-electron chi connectivity index (χ1n) is 7.67. The van der Waals surface area contributed by atoms with Gasteiger partial charge in [0.05, 0.1) is 0 Å². The summed E-state index contributed by atoms with van der Waals surface area (Å²) in [4.78, 5) is 2.65. The van der Waals surface area contributed by atoms with Crippen LogP contribution in [0.2, 0.25) is 0 Å². The van der Waals surface area contributed by atoms with Gasteiger partial charge in [-0.25, -0.2) is 0 Å². The van der Waals surface area contributed by atoms with Gasteiger partial charge in [0.2, 0.25) is 0 Å². The number of hydrogen-bond donors (Lipinski definition) is 1. The Morgan fingerprint density at radius 3 is 2.78 bits per heavy atom. The first-order chi connectivity index (χ1) is 8.61. The van der Waals surface area contributed by atoms with E-state index in [9.17, 15) is 0 Å². The highest BCUT2D eigenvalue weighted by Gasteiger charge is 2.31. The zero-order valence-corrected chi connectivity index (χ0v) is 12.4. The second kappa shape index (κ2) is 6.36. The Labute approximate surface area is 112 Å². The van der Waals surface area contributed by atoms with Crippen molar-refractivity contribution in [2.45, 2.75) is 58.0 Å². The molecule has 1 aliphatic heterocycles. The summed E-state index contributed by atoms with van der Waals surface area (Å²) in [7, 11) is 0. The lowest BCUT2D eigenvalue weighted by molar-refractivity contribution is 0.0695. The van der Waals surface area contributed by atoms with E-state index in [1.807, 2.05) is 0 Å². The highest BCUT2D eigenvalue weighted by Crippen LogP contribution is 2.28. The number of piperazine rings is 1. The second-order valence-electron chi connectivity index (χ2n) is 6.67. The van der Waals surface area contributed by atoms with E-state index in [-0.39, 0.29) is 5.54 Å². The maximum atomic E-state index is 5.73. The molecule has 1 unspecified atom stereocenters. The van der Waals surface area contributed by atoms with E-state index in [1.165, 1.54) is 32.2 Å². The van der Waals surface area contributed by atoms with Crippen LogP contribution < -0.4 is 5.32 Å². The van der Waals surface area contributed by atoms with Crippen molar-refractivity contribution in [3.05, 3.63) is 0 Å². The van der Waals surface area contributed by atoms with E-state index < -0.39 is 0 Å².